The average molecular weight is 251 g/mol. The number of nitro benzene ring substituents is 1. The monoisotopic (exact) mass is 251 g/mol. The lowest BCUT2D eigenvalue weighted by Gasteiger charge is -1.97. The minimum atomic E-state index is -0.421. The lowest BCUT2D eigenvalue weighted by Crippen LogP contribution is -1.87. The van der Waals surface area contributed by atoms with Gasteiger partial charge in [-0.1, -0.05) is 0 Å². The summed E-state index contributed by atoms with van der Waals surface area (Å²) in [5, 5.41) is 18.0. The molecule has 2 rings (SSSR count). The van der Waals surface area contributed by atoms with Gasteiger partial charge in [0, 0.05) is 24.0 Å². The molecule has 2 aromatic rings. The van der Waals surface area contributed by atoms with E-state index in [0.29, 0.717) is 17.5 Å². The number of hydrogen-bond donors (Lipinski definition) is 0. The van der Waals surface area contributed by atoms with Gasteiger partial charge in [0.25, 0.3) is 5.69 Å². The molecule has 88 valence electrons. The number of rotatable bonds is 4. The number of aryl methyl sites for hydroxylation is 1. The quantitative estimate of drug-likeness (QED) is 0.472. The molecule has 0 unspecified atom stereocenters. The topological polar surface area (TPSA) is 82.1 Å². The molecule has 6 nitrogen and oxygen atoms in total. The van der Waals surface area contributed by atoms with Crippen LogP contribution in [0.4, 0.5) is 5.69 Å². The molecule has 0 amide bonds. The maximum absolute atomic E-state index is 10.5. The Bertz CT molecular complexity index is 524. The Hall–Kier alpha value is -1.89. The maximum Gasteiger partial charge on any atom is 0.269 e. The third-order valence-corrected chi connectivity index (χ3v) is 2.97. The summed E-state index contributed by atoms with van der Waals surface area (Å²) >= 11 is 1.49. The van der Waals surface area contributed by atoms with Gasteiger partial charge in [-0.05, 0) is 12.1 Å². The van der Waals surface area contributed by atoms with Crippen LogP contribution in [0.25, 0.3) is 0 Å². The molecule has 0 aliphatic rings. The van der Waals surface area contributed by atoms with Crippen LogP contribution in [0.3, 0.4) is 0 Å². The van der Waals surface area contributed by atoms with Crippen molar-refractivity contribution in [3.05, 3.63) is 46.2 Å². The van der Waals surface area contributed by atoms with Crippen molar-refractivity contribution < 1.29 is 9.34 Å². The van der Waals surface area contributed by atoms with Gasteiger partial charge in [0.05, 0.1) is 10.7 Å². The lowest BCUT2D eigenvalue weighted by molar-refractivity contribution is -0.384. The SMILES string of the molecule is Cc1nnc(CSc2ccc([N+](=O)[O-])cc2)o1. The molecule has 0 saturated heterocycles. The number of non-ortho nitro benzene ring substituents is 1. The van der Waals surface area contributed by atoms with Crippen LogP contribution in [0.5, 0.6) is 0 Å². The van der Waals surface area contributed by atoms with E-state index in [0.717, 1.165) is 4.90 Å². The van der Waals surface area contributed by atoms with Crippen molar-refractivity contribution in [1.82, 2.24) is 10.2 Å². The normalized spacial score (nSPS) is 10.4. The summed E-state index contributed by atoms with van der Waals surface area (Å²) in [7, 11) is 0. The Kier molecular flexibility index (Phi) is 3.38. The zero-order valence-corrected chi connectivity index (χ0v) is 9.81. The molecule has 0 saturated carbocycles. The van der Waals surface area contributed by atoms with Crippen molar-refractivity contribution >= 4 is 17.4 Å². The van der Waals surface area contributed by atoms with Crippen LogP contribution in [0.2, 0.25) is 0 Å². The Labute approximate surface area is 101 Å². The van der Waals surface area contributed by atoms with E-state index >= 15 is 0 Å². The second-order valence-electron chi connectivity index (χ2n) is 3.25. The van der Waals surface area contributed by atoms with Crippen molar-refractivity contribution in [2.45, 2.75) is 17.6 Å². The average Bonchev–Trinajstić information content (AvgIpc) is 2.73. The summed E-state index contributed by atoms with van der Waals surface area (Å²) in [5.74, 6) is 1.63. The van der Waals surface area contributed by atoms with Gasteiger partial charge in [0.1, 0.15) is 0 Å². The van der Waals surface area contributed by atoms with E-state index < -0.39 is 4.92 Å². The second kappa shape index (κ2) is 4.96. The minimum absolute atomic E-state index is 0.0861. The number of aromatic nitrogens is 2. The van der Waals surface area contributed by atoms with Gasteiger partial charge in [-0.2, -0.15) is 0 Å². The van der Waals surface area contributed by atoms with Crippen LogP contribution < -0.4 is 0 Å². The fraction of sp³-hybridized carbons (Fsp3) is 0.200. The van der Waals surface area contributed by atoms with E-state index in [1.54, 1.807) is 19.1 Å². The van der Waals surface area contributed by atoms with E-state index in [2.05, 4.69) is 10.2 Å². The molecular weight excluding hydrogens is 242 g/mol. The van der Waals surface area contributed by atoms with Crippen molar-refractivity contribution in [1.29, 1.82) is 0 Å². The molecular formula is C10H9N3O3S. The van der Waals surface area contributed by atoms with E-state index in [1.165, 1.54) is 23.9 Å². The summed E-state index contributed by atoms with van der Waals surface area (Å²) in [6.07, 6.45) is 0. The van der Waals surface area contributed by atoms with Gasteiger partial charge in [-0.25, -0.2) is 0 Å². The summed E-state index contributed by atoms with van der Waals surface area (Å²) < 4.78 is 5.22. The Morgan fingerprint density at radius 1 is 1.35 bits per heavy atom. The van der Waals surface area contributed by atoms with Crippen LogP contribution in [0.1, 0.15) is 11.8 Å². The van der Waals surface area contributed by atoms with Crippen LogP contribution in [0, 0.1) is 17.0 Å². The largest absolute Gasteiger partial charge is 0.425 e. The molecule has 0 atom stereocenters. The highest BCUT2D eigenvalue weighted by molar-refractivity contribution is 7.98. The summed E-state index contributed by atoms with van der Waals surface area (Å²) in [4.78, 5) is 11.0. The first-order valence-corrected chi connectivity index (χ1v) is 5.80. The number of hydrogen-bond acceptors (Lipinski definition) is 6. The van der Waals surface area contributed by atoms with Gasteiger partial charge in [-0.15, -0.1) is 22.0 Å². The first kappa shape index (κ1) is 11.6. The molecule has 0 aliphatic carbocycles. The Balaban J connectivity index is 1.97. The van der Waals surface area contributed by atoms with Crippen LogP contribution in [0.15, 0.2) is 33.6 Å². The zero-order valence-electron chi connectivity index (χ0n) is 8.99. The Morgan fingerprint density at radius 3 is 2.59 bits per heavy atom. The van der Waals surface area contributed by atoms with Gasteiger partial charge in [0.2, 0.25) is 11.8 Å². The molecule has 7 heteroatoms. The molecule has 0 bridgehead atoms. The number of benzene rings is 1. The van der Waals surface area contributed by atoms with Crippen molar-refractivity contribution in [3.8, 4) is 0 Å². The molecule has 0 spiro atoms. The molecule has 0 radical (unpaired) electrons. The van der Waals surface area contributed by atoms with Crippen molar-refractivity contribution in [2.75, 3.05) is 0 Å². The fourth-order valence-corrected chi connectivity index (χ4v) is 1.94. The molecule has 17 heavy (non-hydrogen) atoms. The van der Waals surface area contributed by atoms with Gasteiger partial charge in [0.15, 0.2) is 0 Å². The standard InChI is InChI=1S/C10H9N3O3S/c1-7-11-12-10(16-7)6-17-9-4-2-8(3-5-9)13(14)15/h2-5H,6H2,1H3. The molecule has 0 aliphatic heterocycles. The molecule has 1 aromatic heterocycles. The van der Waals surface area contributed by atoms with E-state index in [1.807, 2.05) is 0 Å². The van der Waals surface area contributed by atoms with Gasteiger partial charge in [-0.3, -0.25) is 10.1 Å². The Morgan fingerprint density at radius 2 is 2.06 bits per heavy atom. The lowest BCUT2D eigenvalue weighted by atomic mass is 10.3. The molecule has 1 heterocycles. The van der Waals surface area contributed by atoms with Crippen molar-refractivity contribution in [2.24, 2.45) is 0 Å². The maximum atomic E-state index is 10.5. The minimum Gasteiger partial charge on any atom is -0.425 e. The molecule has 0 fully saturated rings. The van der Waals surface area contributed by atoms with E-state index in [-0.39, 0.29) is 5.69 Å². The molecule has 0 N–H and O–H groups in total. The van der Waals surface area contributed by atoms with Crippen LogP contribution in [-0.2, 0) is 5.75 Å². The number of nitro groups is 1. The second-order valence-corrected chi connectivity index (χ2v) is 4.30. The predicted molar refractivity (Wildman–Crippen MR) is 61.7 cm³/mol. The predicted octanol–water partition coefficient (Wildman–Crippen LogP) is 2.58. The molecule has 1 aromatic carbocycles. The summed E-state index contributed by atoms with van der Waals surface area (Å²) in [5.41, 5.74) is 0.0861. The highest BCUT2D eigenvalue weighted by Gasteiger charge is 2.06. The third-order valence-electron chi connectivity index (χ3n) is 1.98. The summed E-state index contributed by atoms with van der Waals surface area (Å²) in [6, 6.07) is 6.35. The van der Waals surface area contributed by atoms with Gasteiger partial charge < -0.3 is 4.42 Å². The van der Waals surface area contributed by atoms with E-state index in [9.17, 15) is 10.1 Å². The fourth-order valence-electron chi connectivity index (χ4n) is 1.20. The third kappa shape index (κ3) is 3.04. The van der Waals surface area contributed by atoms with Crippen LogP contribution in [-0.4, -0.2) is 15.1 Å². The summed E-state index contributed by atoms with van der Waals surface area (Å²) in [6.45, 7) is 1.73. The number of nitrogens with zero attached hydrogens (tertiary/aromatic N) is 3. The highest BCUT2D eigenvalue weighted by atomic mass is 32.2. The zero-order chi connectivity index (χ0) is 12.3. The number of thioether (sulfide) groups is 1. The highest BCUT2D eigenvalue weighted by Crippen LogP contribution is 2.24. The smallest absolute Gasteiger partial charge is 0.269 e. The van der Waals surface area contributed by atoms with Gasteiger partial charge >= 0.3 is 0 Å². The first-order chi connectivity index (χ1) is 8.15. The van der Waals surface area contributed by atoms with Crippen LogP contribution >= 0.6 is 11.8 Å². The first-order valence-electron chi connectivity index (χ1n) is 4.81. The van der Waals surface area contributed by atoms with Crippen molar-refractivity contribution in [3.63, 3.8) is 0 Å². The van der Waals surface area contributed by atoms with E-state index in [4.69, 9.17) is 4.42 Å².